The molecule has 0 atom stereocenters. The monoisotopic (exact) mass is 324 g/mol. The maximum absolute atomic E-state index is 12.1. The van der Waals surface area contributed by atoms with Crippen molar-refractivity contribution in [3.63, 3.8) is 0 Å². The standard InChI is InChI=1S/C16H16N6O2/c23-16(17-8-13-3-1-6-24-13)12-9-21(10-12)14-7-15(19-11-18-14)22-5-2-4-20-22/h1-7,11-12H,8-10H2,(H,17,23). The van der Waals surface area contributed by atoms with Crippen LogP contribution in [-0.2, 0) is 11.3 Å². The minimum absolute atomic E-state index is 0.0315. The van der Waals surface area contributed by atoms with Gasteiger partial charge in [-0.1, -0.05) is 0 Å². The molecule has 0 spiro atoms. The highest BCUT2D eigenvalue weighted by Gasteiger charge is 2.33. The van der Waals surface area contributed by atoms with E-state index in [0.717, 1.165) is 11.6 Å². The molecule has 3 aromatic heterocycles. The first-order chi connectivity index (χ1) is 11.8. The molecule has 0 aromatic carbocycles. The van der Waals surface area contributed by atoms with Crippen molar-refractivity contribution in [3.05, 3.63) is 55.0 Å². The van der Waals surface area contributed by atoms with Crippen LogP contribution >= 0.6 is 0 Å². The summed E-state index contributed by atoms with van der Waals surface area (Å²) in [5, 5.41) is 7.04. The first-order valence-corrected chi connectivity index (χ1v) is 7.67. The van der Waals surface area contributed by atoms with Gasteiger partial charge >= 0.3 is 0 Å². The van der Waals surface area contributed by atoms with Gasteiger partial charge in [0.2, 0.25) is 5.91 Å². The zero-order valence-electron chi connectivity index (χ0n) is 12.9. The summed E-state index contributed by atoms with van der Waals surface area (Å²) in [6.45, 7) is 1.69. The second kappa shape index (κ2) is 6.15. The third kappa shape index (κ3) is 2.85. The SMILES string of the molecule is O=C(NCc1ccco1)C1CN(c2cc(-n3cccn3)ncn2)C1. The van der Waals surface area contributed by atoms with Crippen molar-refractivity contribution in [2.24, 2.45) is 5.92 Å². The third-order valence-corrected chi connectivity index (χ3v) is 3.97. The fourth-order valence-electron chi connectivity index (χ4n) is 2.60. The van der Waals surface area contributed by atoms with E-state index < -0.39 is 0 Å². The summed E-state index contributed by atoms with van der Waals surface area (Å²) in [5.74, 6) is 2.24. The smallest absolute Gasteiger partial charge is 0.227 e. The summed E-state index contributed by atoms with van der Waals surface area (Å²) < 4.78 is 6.88. The molecule has 1 amide bonds. The Morgan fingerprint density at radius 1 is 1.29 bits per heavy atom. The molecule has 1 aliphatic rings. The average molecular weight is 324 g/mol. The van der Waals surface area contributed by atoms with Crippen LogP contribution in [0.3, 0.4) is 0 Å². The zero-order chi connectivity index (χ0) is 16.4. The second-order valence-corrected chi connectivity index (χ2v) is 5.58. The number of carbonyl (C=O) groups is 1. The second-order valence-electron chi connectivity index (χ2n) is 5.58. The van der Waals surface area contributed by atoms with Crippen molar-refractivity contribution < 1.29 is 9.21 Å². The van der Waals surface area contributed by atoms with Crippen LogP contribution in [-0.4, -0.2) is 38.7 Å². The van der Waals surface area contributed by atoms with Crippen LogP contribution in [0.5, 0.6) is 0 Å². The van der Waals surface area contributed by atoms with E-state index in [9.17, 15) is 4.79 Å². The van der Waals surface area contributed by atoms with Gasteiger partial charge in [-0.15, -0.1) is 0 Å². The molecular weight excluding hydrogens is 308 g/mol. The molecule has 0 unspecified atom stereocenters. The van der Waals surface area contributed by atoms with E-state index >= 15 is 0 Å². The Labute approximate surface area is 138 Å². The molecule has 0 aliphatic carbocycles. The summed E-state index contributed by atoms with van der Waals surface area (Å²) in [5.41, 5.74) is 0. The van der Waals surface area contributed by atoms with Crippen molar-refractivity contribution in [3.8, 4) is 5.82 Å². The predicted molar refractivity (Wildman–Crippen MR) is 85.4 cm³/mol. The van der Waals surface area contributed by atoms with Gasteiger partial charge in [0.25, 0.3) is 0 Å². The van der Waals surface area contributed by atoms with Crippen LogP contribution in [0.1, 0.15) is 5.76 Å². The van der Waals surface area contributed by atoms with Crippen LogP contribution in [0.2, 0.25) is 0 Å². The molecule has 4 rings (SSSR count). The molecule has 122 valence electrons. The quantitative estimate of drug-likeness (QED) is 0.753. The lowest BCUT2D eigenvalue weighted by Gasteiger charge is -2.39. The summed E-state index contributed by atoms with van der Waals surface area (Å²) in [7, 11) is 0. The van der Waals surface area contributed by atoms with E-state index in [1.807, 2.05) is 29.3 Å². The molecule has 8 nitrogen and oxygen atoms in total. The minimum Gasteiger partial charge on any atom is -0.467 e. The first kappa shape index (κ1) is 14.4. The molecule has 1 aliphatic heterocycles. The van der Waals surface area contributed by atoms with E-state index in [1.165, 1.54) is 6.33 Å². The fourth-order valence-corrected chi connectivity index (χ4v) is 2.60. The van der Waals surface area contributed by atoms with E-state index in [4.69, 9.17) is 4.42 Å². The molecule has 0 bridgehead atoms. The maximum atomic E-state index is 12.1. The summed E-state index contributed by atoms with van der Waals surface area (Å²) in [6, 6.07) is 7.35. The highest BCUT2D eigenvalue weighted by molar-refractivity contribution is 5.81. The van der Waals surface area contributed by atoms with Crippen LogP contribution in [0.4, 0.5) is 5.82 Å². The summed E-state index contributed by atoms with van der Waals surface area (Å²) >= 11 is 0. The number of rotatable bonds is 5. The van der Waals surface area contributed by atoms with Crippen molar-refractivity contribution in [1.29, 1.82) is 0 Å². The number of nitrogens with one attached hydrogen (secondary N) is 1. The molecular formula is C16H16N6O2. The lowest BCUT2D eigenvalue weighted by Crippen LogP contribution is -2.54. The van der Waals surface area contributed by atoms with Crippen molar-refractivity contribution >= 4 is 11.7 Å². The molecule has 8 heteroatoms. The molecule has 1 fully saturated rings. The Hall–Kier alpha value is -3.16. The van der Waals surface area contributed by atoms with Gasteiger partial charge in [-0.3, -0.25) is 4.79 Å². The van der Waals surface area contributed by atoms with Gasteiger partial charge in [0, 0.05) is 31.5 Å². The summed E-state index contributed by atoms with van der Waals surface area (Å²) in [6.07, 6.45) is 6.63. The Kier molecular flexibility index (Phi) is 3.70. The van der Waals surface area contributed by atoms with E-state index in [-0.39, 0.29) is 11.8 Å². The van der Waals surface area contributed by atoms with Gasteiger partial charge in [0.15, 0.2) is 5.82 Å². The van der Waals surface area contributed by atoms with E-state index in [2.05, 4.69) is 20.4 Å². The van der Waals surface area contributed by atoms with Crippen LogP contribution in [0, 0.1) is 5.92 Å². The van der Waals surface area contributed by atoms with Crippen molar-refractivity contribution in [1.82, 2.24) is 25.1 Å². The number of hydrogen-bond donors (Lipinski definition) is 1. The number of hydrogen-bond acceptors (Lipinski definition) is 6. The van der Waals surface area contributed by atoms with Crippen LogP contribution < -0.4 is 10.2 Å². The fraction of sp³-hybridized carbons (Fsp3) is 0.250. The molecule has 3 aromatic rings. The number of furan rings is 1. The van der Waals surface area contributed by atoms with E-state index in [1.54, 1.807) is 23.2 Å². The van der Waals surface area contributed by atoms with Gasteiger partial charge in [-0.25, -0.2) is 14.6 Å². The topological polar surface area (TPSA) is 89.1 Å². The average Bonchev–Trinajstić information content (AvgIpc) is 3.25. The Bertz CT molecular complexity index is 809. The van der Waals surface area contributed by atoms with Crippen molar-refractivity contribution in [2.75, 3.05) is 18.0 Å². The van der Waals surface area contributed by atoms with Gasteiger partial charge in [0.1, 0.15) is 17.9 Å². The molecule has 4 heterocycles. The van der Waals surface area contributed by atoms with Gasteiger partial charge in [-0.2, -0.15) is 5.10 Å². The van der Waals surface area contributed by atoms with Crippen molar-refractivity contribution in [2.45, 2.75) is 6.54 Å². The van der Waals surface area contributed by atoms with Crippen LogP contribution in [0.15, 0.2) is 53.7 Å². The Morgan fingerprint density at radius 2 is 2.17 bits per heavy atom. The zero-order valence-corrected chi connectivity index (χ0v) is 12.9. The van der Waals surface area contributed by atoms with Crippen LogP contribution in [0.25, 0.3) is 5.82 Å². The third-order valence-electron chi connectivity index (χ3n) is 3.97. The molecule has 0 radical (unpaired) electrons. The maximum Gasteiger partial charge on any atom is 0.227 e. The number of anilines is 1. The lowest BCUT2D eigenvalue weighted by atomic mass is 9.99. The van der Waals surface area contributed by atoms with Gasteiger partial charge in [0.05, 0.1) is 18.7 Å². The first-order valence-electron chi connectivity index (χ1n) is 7.67. The normalized spacial score (nSPS) is 14.4. The number of aromatic nitrogens is 4. The number of amides is 1. The Balaban J connectivity index is 1.34. The largest absolute Gasteiger partial charge is 0.467 e. The summed E-state index contributed by atoms with van der Waals surface area (Å²) in [4.78, 5) is 22.7. The number of nitrogens with zero attached hydrogens (tertiary/aromatic N) is 5. The molecule has 1 saturated heterocycles. The Morgan fingerprint density at radius 3 is 2.92 bits per heavy atom. The number of carbonyl (C=O) groups excluding carboxylic acids is 1. The van der Waals surface area contributed by atoms with E-state index in [0.29, 0.717) is 25.5 Å². The highest BCUT2D eigenvalue weighted by Crippen LogP contribution is 2.23. The highest BCUT2D eigenvalue weighted by atomic mass is 16.3. The van der Waals surface area contributed by atoms with Gasteiger partial charge < -0.3 is 14.6 Å². The lowest BCUT2D eigenvalue weighted by molar-refractivity contribution is -0.126. The molecule has 0 saturated carbocycles. The molecule has 1 N–H and O–H groups in total. The van der Waals surface area contributed by atoms with Gasteiger partial charge in [-0.05, 0) is 18.2 Å². The predicted octanol–water partition coefficient (Wildman–Crippen LogP) is 1.01. The molecule has 24 heavy (non-hydrogen) atoms. The minimum atomic E-state index is -0.0388.